The maximum Gasteiger partial charge on any atom is 0.349 e. The third-order valence-electron chi connectivity index (χ3n) is 5.47. The number of esters is 1. The monoisotopic (exact) mass is 418 g/mol. The molecule has 7 nitrogen and oxygen atoms in total. The number of hydrogen-bond acceptors (Lipinski definition) is 6. The molecular weight excluding hydrogens is 396 g/mol. The number of nitrogens with zero attached hydrogens (tertiary/aromatic N) is 2. The number of methoxy groups -OCH3 is 1. The third kappa shape index (κ3) is 4.10. The molecule has 1 aliphatic carbocycles. The lowest BCUT2D eigenvalue weighted by molar-refractivity contribution is -0.139. The van der Waals surface area contributed by atoms with Gasteiger partial charge in [0.2, 0.25) is 0 Å². The zero-order chi connectivity index (χ0) is 22.1. The highest BCUT2D eigenvalue weighted by atomic mass is 16.5. The Labute approximate surface area is 179 Å². The summed E-state index contributed by atoms with van der Waals surface area (Å²) in [5.41, 5.74) is 3.14. The van der Waals surface area contributed by atoms with Crippen molar-refractivity contribution in [3.63, 3.8) is 0 Å². The summed E-state index contributed by atoms with van der Waals surface area (Å²) in [6.45, 7) is 3.85. The van der Waals surface area contributed by atoms with E-state index < -0.39 is 11.6 Å². The Bertz CT molecular complexity index is 1300. The molecule has 0 spiro atoms. The van der Waals surface area contributed by atoms with Crippen molar-refractivity contribution in [1.29, 1.82) is 5.26 Å². The Kier molecular flexibility index (Phi) is 5.38. The molecule has 7 heteroatoms. The lowest BCUT2D eigenvalue weighted by Gasteiger charge is -2.08. The highest BCUT2D eigenvalue weighted by molar-refractivity contribution is 5.98. The molecule has 1 fully saturated rings. The van der Waals surface area contributed by atoms with Crippen molar-refractivity contribution in [2.75, 3.05) is 7.11 Å². The molecule has 0 atom stereocenters. The predicted octanol–water partition coefficient (Wildman–Crippen LogP) is 4.21. The van der Waals surface area contributed by atoms with E-state index in [4.69, 9.17) is 13.9 Å². The van der Waals surface area contributed by atoms with Crippen LogP contribution < -0.4 is 10.4 Å². The van der Waals surface area contributed by atoms with Gasteiger partial charge in [0.15, 0.2) is 0 Å². The molecule has 0 aliphatic heterocycles. The lowest BCUT2D eigenvalue weighted by atomic mass is 10.1. The van der Waals surface area contributed by atoms with Crippen molar-refractivity contribution in [2.45, 2.75) is 39.3 Å². The fourth-order valence-corrected chi connectivity index (χ4v) is 3.81. The highest BCUT2D eigenvalue weighted by Gasteiger charge is 2.27. The molecule has 0 saturated heterocycles. The van der Waals surface area contributed by atoms with Gasteiger partial charge in [-0.15, -0.1) is 0 Å². The SMILES string of the molecule is COc1ccc2c(COC(=O)/C(C#N)=C/c3cc(C)n(C4CC4)c3C)cc(=O)oc2c1. The predicted molar refractivity (Wildman–Crippen MR) is 115 cm³/mol. The van der Waals surface area contributed by atoms with Crippen molar-refractivity contribution in [1.82, 2.24) is 4.57 Å². The van der Waals surface area contributed by atoms with Gasteiger partial charge in [0.25, 0.3) is 0 Å². The summed E-state index contributed by atoms with van der Waals surface area (Å²) in [5, 5.41) is 10.1. The number of aromatic nitrogens is 1. The van der Waals surface area contributed by atoms with Crippen molar-refractivity contribution in [3.05, 3.63) is 68.8 Å². The second kappa shape index (κ2) is 8.15. The van der Waals surface area contributed by atoms with Crippen LogP contribution in [0.15, 0.2) is 45.1 Å². The molecule has 0 amide bonds. The fraction of sp³-hybridized carbons (Fsp3) is 0.292. The van der Waals surface area contributed by atoms with E-state index in [1.165, 1.54) is 13.2 Å². The van der Waals surface area contributed by atoms with E-state index in [1.807, 2.05) is 26.0 Å². The summed E-state index contributed by atoms with van der Waals surface area (Å²) in [4.78, 5) is 24.5. The molecule has 2 heterocycles. The van der Waals surface area contributed by atoms with Crippen LogP contribution in [-0.4, -0.2) is 17.6 Å². The smallest absolute Gasteiger partial charge is 0.349 e. The van der Waals surface area contributed by atoms with Crippen LogP contribution in [0.1, 0.15) is 41.4 Å². The first kappa shape index (κ1) is 20.5. The van der Waals surface area contributed by atoms with Gasteiger partial charge in [0, 0.05) is 40.5 Å². The van der Waals surface area contributed by atoms with Gasteiger partial charge in [-0.2, -0.15) is 5.26 Å². The van der Waals surface area contributed by atoms with Crippen LogP contribution in [0.4, 0.5) is 0 Å². The van der Waals surface area contributed by atoms with Crippen LogP contribution in [0.3, 0.4) is 0 Å². The molecule has 31 heavy (non-hydrogen) atoms. The van der Waals surface area contributed by atoms with E-state index in [-0.39, 0.29) is 12.2 Å². The number of fused-ring (bicyclic) bond motifs is 1. The van der Waals surface area contributed by atoms with Gasteiger partial charge in [0.1, 0.15) is 29.6 Å². The average Bonchev–Trinajstić information content (AvgIpc) is 3.54. The van der Waals surface area contributed by atoms with Crippen molar-refractivity contribution in [2.24, 2.45) is 0 Å². The highest BCUT2D eigenvalue weighted by Crippen LogP contribution is 2.38. The van der Waals surface area contributed by atoms with Crippen LogP contribution in [0, 0.1) is 25.2 Å². The largest absolute Gasteiger partial charge is 0.497 e. The number of aryl methyl sites for hydroxylation is 1. The molecule has 1 aliphatic rings. The topological polar surface area (TPSA) is 94.5 Å². The minimum atomic E-state index is -0.742. The summed E-state index contributed by atoms with van der Waals surface area (Å²) >= 11 is 0. The zero-order valence-corrected chi connectivity index (χ0v) is 17.6. The van der Waals surface area contributed by atoms with Crippen LogP contribution in [0.2, 0.25) is 0 Å². The van der Waals surface area contributed by atoms with Gasteiger partial charge in [-0.1, -0.05) is 0 Å². The van der Waals surface area contributed by atoms with Crippen molar-refractivity contribution >= 4 is 23.0 Å². The van der Waals surface area contributed by atoms with Crippen molar-refractivity contribution < 1.29 is 18.7 Å². The number of carbonyl (C=O) groups excluding carboxylic acids is 1. The number of ether oxygens (including phenoxy) is 2. The normalized spacial score (nSPS) is 13.8. The first-order valence-corrected chi connectivity index (χ1v) is 9.99. The average molecular weight is 418 g/mol. The van der Waals surface area contributed by atoms with E-state index in [0.29, 0.717) is 28.3 Å². The van der Waals surface area contributed by atoms with Gasteiger partial charge >= 0.3 is 11.6 Å². The first-order valence-electron chi connectivity index (χ1n) is 9.99. The van der Waals surface area contributed by atoms with Crippen LogP contribution in [0.5, 0.6) is 5.75 Å². The van der Waals surface area contributed by atoms with Crippen LogP contribution in [0.25, 0.3) is 17.0 Å². The molecule has 0 bridgehead atoms. The summed E-state index contributed by atoms with van der Waals surface area (Å²) in [6, 6.07) is 10.7. The van der Waals surface area contributed by atoms with Gasteiger partial charge in [-0.25, -0.2) is 9.59 Å². The number of nitriles is 1. The van der Waals surface area contributed by atoms with Crippen molar-refractivity contribution in [3.8, 4) is 11.8 Å². The first-order chi connectivity index (χ1) is 14.9. The molecule has 0 unspecified atom stereocenters. The minimum absolute atomic E-state index is 0.0926. The van der Waals surface area contributed by atoms with Gasteiger partial charge in [-0.05, 0) is 56.5 Å². The molecule has 1 aromatic carbocycles. The van der Waals surface area contributed by atoms with E-state index in [0.717, 1.165) is 29.8 Å². The minimum Gasteiger partial charge on any atom is -0.497 e. The summed E-state index contributed by atoms with van der Waals surface area (Å²) < 4.78 is 18.0. The number of carbonyl (C=O) groups is 1. The molecular formula is C24H22N2O5. The Morgan fingerprint density at radius 3 is 2.74 bits per heavy atom. The van der Waals surface area contributed by atoms with E-state index >= 15 is 0 Å². The maximum absolute atomic E-state index is 12.6. The number of hydrogen-bond donors (Lipinski definition) is 0. The Morgan fingerprint density at radius 1 is 1.29 bits per heavy atom. The number of benzene rings is 1. The fourth-order valence-electron chi connectivity index (χ4n) is 3.81. The Balaban J connectivity index is 1.57. The van der Waals surface area contributed by atoms with E-state index in [1.54, 1.807) is 24.3 Å². The Morgan fingerprint density at radius 2 is 2.06 bits per heavy atom. The second-order valence-electron chi connectivity index (χ2n) is 7.63. The molecule has 2 aromatic heterocycles. The van der Waals surface area contributed by atoms with Crippen LogP contribution in [-0.2, 0) is 16.1 Å². The third-order valence-corrected chi connectivity index (χ3v) is 5.47. The maximum atomic E-state index is 12.6. The molecule has 0 radical (unpaired) electrons. The summed E-state index contributed by atoms with van der Waals surface area (Å²) in [6.07, 6.45) is 3.86. The standard InChI is InChI=1S/C24H22N2O5/c1-14-8-16(15(2)26(14)19-4-5-19)9-17(12-25)24(28)30-13-18-10-23(27)31-22-11-20(29-3)6-7-21(18)22/h6-11,19H,4-5,13H2,1-3H3/b17-9+. The number of rotatable bonds is 6. The quantitative estimate of drug-likeness (QED) is 0.258. The molecule has 0 N–H and O–H groups in total. The van der Waals surface area contributed by atoms with Crippen LogP contribution >= 0.6 is 0 Å². The van der Waals surface area contributed by atoms with Gasteiger partial charge in [-0.3, -0.25) is 0 Å². The summed E-state index contributed by atoms with van der Waals surface area (Å²) in [7, 11) is 1.52. The van der Waals surface area contributed by atoms with E-state index in [2.05, 4.69) is 4.57 Å². The Hall–Kier alpha value is -3.79. The second-order valence-corrected chi connectivity index (χ2v) is 7.63. The zero-order valence-electron chi connectivity index (χ0n) is 17.6. The summed E-state index contributed by atoms with van der Waals surface area (Å²) in [5.74, 6) is -0.197. The van der Waals surface area contributed by atoms with E-state index in [9.17, 15) is 14.9 Å². The molecule has 158 valence electrons. The lowest BCUT2D eigenvalue weighted by Crippen LogP contribution is -2.09. The van der Waals surface area contributed by atoms with Gasteiger partial charge in [0.05, 0.1) is 7.11 Å². The molecule has 3 aromatic rings. The molecule has 1 saturated carbocycles. The molecule has 4 rings (SSSR count). The van der Waals surface area contributed by atoms with Gasteiger partial charge < -0.3 is 18.5 Å².